The van der Waals surface area contributed by atoms with Crippen LogP contribution in [0.15, 0.2) is 42.5 Å². The van der Waals surface area contributed by atoms with E-state index in [0.717, 1.165) is 37.4 Å². The fraction of sp³-hybridized carbons (Fsp3) is 0.381. The standard InChI is InChI=1S/C21H21ClN2O/c22-17-8-2-1-6-15(17)18-13-19(23-11-4-9-20(23)25)16-7-3-5-14-10-12-24(18)21(14)16/h1-3,5-8,18-19H,4,9-13H2. The first-order valence-electron chi connectivity index (χ1n) is 9.16. The van der Waals surface area contributed by atoms with Crippen LogP contribution in [0.2, 0.25) is 5.02 Å². The summed E-state index contributed by atoms with van der Waals surface area (Å²) in [5.41, 5.74) is 5.27. The number of hydrogen-bond donors (Lipinski definition) is 0. The molecule has 0 aliphatic carbocycles. The molecule has 5 rings (SSSR count). The molecule has 3 heterocycles. The highest BCUT2D eigenvalue weighted by Crippen LogP contribution is 2.51. The Morgan fingerprint density at radius 2 is 1.68 bits per heavy atom. The van der Waals surface area contributed by atoms with Crippen LogP contribution >= 0.6 is 11.6 Å². The molecule has 128 valence electrons. The molecule has 25 heavy (non-hydrogen) atoms. The molecule has 1 saturated heterocycles. The maximum absolute atomic E-state index is 12.5. The van der Waals surface area contributed by atoms with Gasteiger partial charge in [-0.05, 0) is 42.0 Å². The van der Waals surface area contributed by atoms with Crippen LogP contribution in [0.5, 0.6) is 0 Å². The van der Waals surface area contributed by atoms with Gasteiger partial charge < -0.3 is 9.80 Å². The molecule has 3 aliphatic rings. The number of halogens is 1. The number of hydrogen-bond acceptors (Lipinski definition) is 2. The van der Waals surface area contributed by atoms with E-state index in [4.69, 9.17) is 11.6 Å². The lowest BCUT2D eigenvalue weighted by Gasteiger charge is -2.43. The van der Waals surface area contributed by atoms with Gasteiger partial charge in [0.1, 0.15) is 0 Å². The summed E-state index contributed by atoms with van der Waals surface area (Å²) in [6.45, 7) is 1.91. The van der Waals surface area contributed by atoms with Gasteiger partial charge in [-0.1, -0.05) is 48.0 Å². The fourth-order valence-electron chi connectivity index (χ4n) is 4.90. The third-order valence-corrected chi connectivity index (χ3v) is 6.34. The first-order chi connectivity index (χ1) is 12.2. The van der Waals surface area contributed by atoms with E-state index in [1.54, 1.807) is 0 Å². The Balaban J connectivity index is 1.65. The van der Waals surface area contributed by atoms with Crippen LogP contribution in [-0.2, 0) is 11.2 Å². The molecule has 0 bridgehead atoms. The summed E-state index contributed by atoms with van der Waals surface area (Å²) < 4.78 is 0. The van der Waals surface area contributed by atoms with E-state index < -0.39 is 0 Å². The summed E-state index contributed by atoms with van der Waals surface area (Å²) in [5.74, 6) is 0.298. The summed E-state index contributed by atoms with van der Waals surface area (Å²) in [5, 5.41) is 0.826. The zero-order chi connectivity index (χ0) is 17.0. The van der Waals surface area contributed by atoms with Crippen molar-refractivity contribution in [3.63, 3.8) is 0 Å². The minimum absolute atomic E-state index is 0.167. The molecule has 2 aromatic carbocycles. The van der Waals surface area contributed by atoms with Gasteiger partial charge in [-0.15, -0.1) is 0 Å². The molecule has 2 atom stereocenters. The van der Waals surface area contributed by atoms with E-state index in [1.807, 2.05) is 12.1 Å². The smallest absolute Gasteiger partial charge is 0.223 e. The first kappa shape index (κ1) is 15.3. The van der Waals surface area contributed by atoms with E-state index in [1.165, 1.54) is 22.4 Å². The van der Waals surface area contributed by atoms with E-state index in [-0.39, 0.29) is 12.1 Å². The van der Waals surface area contributed by atoms with Crippen LogP contribution in [0.3, 0.4) is 0 Å². The molecule has 3 nitrogen and oxygen atoms in total. The Morgan fingerprint density at radius 3 is 2.48 bits per heavy atom. The van der Waals surface area contributed by atoms with Gasteiger partial charge in [-0.2, -0.15) is 0 Å². The molecule has 0 spiro atoms. The van der Waals surface area contributed by atoms with Crippen molar-refractivity contribution in [1.29, 1.82) is 0 Å². The molecule has 2 aromatic rings. The van der Waals surface area contributed by atoms with Crippen LogP contribution in [-0.4, -0.2) is 23.9 Å². The second-order valence-corrected chi connectivity index (χ2v) is 7.69. The summed E-state index contributed by atoms with van der Waals surface area (Å²) in [6, 6.07) is 15.2. The third kappa shape index (κ3) is 2.29. The van der Waals surface area contributed by atoms with Gasteiger partial charge in [-0.25, -0.2) is 0 Å². The normalized spacial score (nSPS) is 24.8. The van der Waals surface area contributed by atoms with Crippen molar-refractivity contribution < 1.29 is 4.79 Å². The third-order valence-electron chi connectivity index (χ3n) is 5.99. The number of carbonyl (C=O) groups is 1. The quantitative estimate of drug-likeness (QED) is 0.793. The van der Waals surface area contributed by atoms with Gasteiger partial charge in [0, 0.05) is 30.2 Å². The zero-order valence-corrected chi connectivity index (χ0v) is 14.9. The Labute approximate surface area is 153 Å². The van der Waals surface area contributed by atoms with Crippen molar-refractivity contribution in [2.45, 2.75) is 37.8 Å². The van der Waals surface area contributed by atoms with E-state index >= 15 is 0 Å². The SMILES string of the molecule is O=C1CCCN1C1CC(c2ccccc2Cl)N2CCc3cccc1c32. The van der Waals surface area contributed by atoms with Crippen molar-refractivity contribution in [3.8, 4) is 0 Å². The largest absolute Gasteiger partial charge is 0.363 e. The lowest BCUT2D eigenvalue weighted by Crippen LogP contribution is -2.39. The van der Waals surface area contributed by atoms with E-state index in [0.29, 0.717) is 12.3 Å². The number of likely N-dealkylation sites (tertiary alicyclic amines) is 1. The highest BCUT2D eigenvalue weighted by molar-refractivity contribution is 6.31. The number of benzene rings is 2. The van der Waals surface area contributed by atoms with Gasteiger partial charge in [0.25, 0.3) is 0 Å². The Morgan fingerprint density at radius 1 is 0.880 bits per heavy atom. The predicted octanol–water partition coefficient (Wildman–Crippen LogP) is 4.51. The van der Waals surface area contributed by atoms with Gasteiger partial charge in [0.05, 0.1) is 12.1 Å². The van der Waals surface area contributed by atoms with Crippen molar-refractivity contribution in [3.05, 3.63) is 64.2 Å². The summed E-state index contributed by atoms with van der Waals surface area (Å²) in [4.78, 5) is 17.1. The molecular weight excluding hydrogens is 332 g/mol. The van der Waals surface area contributed by atoms with Gasteiger partial charge in [0.2, 0.25) is 5.91 Å². The van der Waals surface area contributed by atoms with Crippen molar-refractivity contribution in [2.24, 2.45) is 0 Å². The monoisotopic (exact) mass is 352 g/mol. The molecule has 4 heteroatoms. The average molecular weight is 353 g/mol. The number of carbonyl (C=O) groups excluding carboxylic acids is 1. The Bertz CT molecular complexity index is 850. The number of nitrogens with zero attached hydrogens (tertiary/aromatic N) is 2. The molecule has 3 aliphatic heterocycles. The molecule has 1 amide bonds. The van der Waals surface area contributed by atoms with Crippen LogP contribution in [0.25, 0.3) is 0 Å². The van der Waals surface area contributed by atoms with Crippen molar-refractivity contribution >= 4 is 23.2 Å². The Kier molecular flexibility index (Phi) is 3.53. The average Bonchev–Trinajstić information content (AvgIpc) is 3.24. The maximum Gasteiger partial charge on any atom is 0.223 e. The summed E-state index contributed by atoms with van der Waals surface area (Å²) in [7, 11) is 0. The van der Waals surface area contributed by atoms with Crippen LogP contribution in [0.1, 0.15) is 48.0 Å². The topological polar surface area (TPSA) is 23.6 Å². The molecule has 2 unspecified atom stereocenters. The molecular formula is C21H21ClN2O. The van der Waals surface area contributed by atoms with Gasteiger partial charge in [0.15, 0.2) is 0 Å². The minimum atomic E-state index is 0.167. The van der Waals surface area contributed by atoms with Gasteiger partial charge in [-0.3, -0.25) is 4.79 Å². The highest BCUT2D eigenvalue weighted by atomic mass is 35.5. The second-order valence-electron chi connectivity index (χ2n) is 7.28. The lowest BCUT2D eigenvalue weighted by atomic mass is 9.86. The second kappa shape index (κ2) is 5.77. The highest BCUT2D eigenvalue weighted by Gasteiger charge is 2.42. The fourth-order valence-corrected chi connectivity index (χ4v) is 5.16. The van der Waals surface area contributed by atoms with E-state index in [9.17, 15) is 4.79 Å². The number of amides is 1. The molecule has 0 radical (unpaired) electrons. The molecule has 1 fully saturated rings. The number of rotatable bonds is 2. The van der Waals surface area contributed by atoms with Crippen molar-refractivity contribution in [1.82, 2.24) is 4.90 Å². The van der Waals surface area contributed by atoms with Crippen LogP contribution in [0.4, 0.5) is 5.69 Å². The first-order valence-corrected chi connectivity index (χ1v) is 9.54. The summed E-state index contributed by atoms with van der Waals surface area (Å²) in [6.07, 6.45) is 3.66. The predicted molar refractivity (Wildman–Crippen MR) is 100.0 cm³/mol. The van der Waals surface area contributed by atoms with Crippen molar-refractivity contribution in [2.75, 3.05) is 18.0 Å². The van der Waals surface area contributed by atoms with Crippen LogP contribution in [0, 0.1) is 0 Å². The van der Waals surface area contributed by atoms with E-state index in [2.05, 4.69) is 40.1 Å². The molecule has 0 saturated carbocycles. The molecule has 0 N–H and O–H groups in total. The molecule has 0 aromatic heterocycles. The zero-order valence-electron chi connectivity index (χ0n) is 14.1. The van der Waals surface area contributed by atoms with Gasteiger partial charge >= 0.3 is 0 Å². The summed E-state index contributed by atoms with van der Waals surface area (Å²) >= 11 is 6.55. The maximum atomic E-state index is 12.5. The minimum Gasteiger partial charge on any atom is -0.363 e. The lowest BCUT2D eigenvalue weighted by molar-refractivity contribution is -0.130. The Hall–Kier alpha value is -2.00. The number of anilines is 1. The van der Waals surface area contributed by atoms with Crippen LogP contribution < -0.4 is 4.90 Å². The number of para-hydroxylation sites is 1.